The molecule has 0 saturated carbocycles. The van der Waals surface area contributed by atoms with E-state index in [4.69, 9.17) is 4.42 Å². The van der Waals surface area contributed by atoms with Gasteiger partial charge in [0, 0.05) is 31.5 Å². The maximum absolute atomic E-state index is 12.3. The highest BCUT2D eigenvalue weighted by atomic mass is 16.4. The van der Waals surface area contributed by atoms with Crippen molar-refractivity contribution < 1.29 is 14.3 Å². The van der Waals surface area contributed by atoms with Crippen LogP contribution in [-0.4, -0.2) is 39.6 Å². The molecule has 2 rings (SSSR count). The van der Waals surface area contributed by atoms with Gasteiger partial charge in [-0.1, -0.05) is 30.3 Å². The molecule has 1 aromatic carbocycles. The summed E-state index contributed by atoms with van der Waals surface area (Å²) >= 11 is 0. The summed E-state index contributed by atoms with van der Waals surface area (Å²) in [7, 11) is 0. The number of amides is 1. The van der Waals surface area contributed by atoms with Gasteiger partial charge in [-0.25, -0.2) is 4.98 Å². The Kier molecular flexibility index (Phi) is 5.78. The Morgan fingerprint density at radius 3 is 2.54 bits per heavy atom. The summed E-state index contributed by atoms with van der Waals surface area (Å²) in [4.78, 5) is 18.4. The van der Waals surface area contributed by atoms with E-state index >= 15 is 0 Å². The van der Waals surface area contributed by atoms with Crippen LogP contribution in [0.5, 0.6) is 0 Å². The molecule has 5 nitrogen and oxygen atoms in total. The quantitative estimate of drug-likeness (QED) is 0.846. The summed E-state index contributed by atoms with van der Waals surface area (Å²) in [6.45, 7) is 8.11. The van der Waals surface area contributed by atoms with E-state index in [0.717, 1.165) is 17.0 Å². The minimum absolute atomic E-state index is 0.00302. The molecule has 0 spiro atoms. The highest BCUT2D eigenvalue weighted by Gasteiger charge is 2.21. The number of likely N-dealkylation sites (N-methyl/N-ethyl adjacent to an activating group) is 1. The van der Waals surface area contributed by atoms with Crippen LogP contribution in [-0.2, 0) is 11.2 Å². The minimum Gasteiger partial charge on any atom is -0.440 e. The van der Waals surface area contributed by atoms with Crippen LogP contribution < -0.4 is 0 Å². The molecular weight excluding hydrogens is 304 g/mol. The van der Waals surface area contributed by atoms with E-state index in [-0.39, 0.29) is 5.91 Å². The van der Waals surface area contributed by atoms with Gasteiger partial charge in [0.2, 0.25) is 5.91 Å². The van der Waals surface area contributed by atoms with E-state index < -0.39 is 5.60 Å². The van der Waals surface area contributed by atoms with Crippen LogP contribution in [0.15, 0.2) is 34.7 Å². The molecule has 1 amide bonds. The van der Waals surface area contributed by atoms with E-state index in [1.807, 2.05) is 44.2 Å². The van der Waals surface area contributed by atoms with Crippen molar-refractivity contribution in [2.24, 2.45) is 0 Å². The number of carbonyl (C=O) groups excluding carboxylic acids is 1. The zero-order valence-corrected chi connectivity index (χ0v) is 14.9. The van der Waals surface area contributed by atoms with Gasteiger partial charge in [0.05, 0.1) is 11.3 Å². The predicted octanol–water partition coefficient (Wildman–Crippen LogP) is 3.20. The molecule has 1 aromatic heterocycles. The van der Waals surface area contributed by atoms with E-state index in [1.165, 1.54) is 0 Å². The van der Waals surface area contributed by atoms with Crippen LogP contribution in [0.4, 0.5) is 0 Å². The zero-order chi connectivity index (χ0) is 17.7. The van der Waals surface area contributed by atoms with Crippen molar-refractivity contribution in [1.29, 1.82) is 0 Å². The lowest BCUT2D eigenvalue weighted by molar-refractivity contribution is -0.134. The third-order valence-electron chi connectivity index (χ3n) is 3.74. The van der Waals surface area contributed by atoms with Gasteiger partial charge in [-0.15, -0.1) is 0 Å². The van der Waals surface area contributed by atoms with E-state index in [9.17, 15) is 9.90 Å². The monoisotopic (exact) mass is 330 g/mol. The molecule has 130 valence electrons. The minimum atomic E-state index is -0.897. The van der Waals surface area contributed by atoms with Gasteiger partial charge in [0.1, 0.15) is 0 Å². The molecule has 5 heteroatoms. The maximum Gasteiger partial charge on any atom is 0.223 e. The molecular formula is C19H26N2O3. The summed E-state index contributed by atoms with van der Waals surface area (Å²) in [6, 6.07) is 9.82. The lowest BCUT2D eigenvalue weighted by Gasteiger charge is -2.28. The number of hydrogen-bond donors (Lipinski definition) is 1. The van der Waals surface area contributed by atoms with Crippen molar-refractivity contribution in [3.8, 4) is 11.3 Å². The second-order valence-corrected chi connectivity index (χ2v) is 6.61. The summed E-state index contributed by atoms with van der Waals surface area (Å²) in [5.74, 6) is 1.32. The first-order valence-corrected chi connectivity index (χ1v) is 8.32. The zero-order valence-electron chi connectivity index (χ0n) is 14.9. The number of nitrogens with zero attached hydrogens (tertiary/aromatic N) is 2. The molecule has 0 unspecified atom stereocenters. The molecule has 1 N–H and O–H groups in total. The van der Waals surface area contributed by atoms with Crippen molar-refractivity contribution >= 4 is 5.91 Å². The first kappa shape index (κ1) is 18.2. The molecule has 1 heterocycles. The molecule has 0 aliphatic carbocycles. The van der Waals surface area contributed by atoms with E-state index in [1.54, 1.807) is 18.7 Å². The molecule has 0 fully saturated rings. The van der Waals surface area contributed by atoms with Crippen molar-refractivity contribution in [1.82, 2.24) is 9.88 Å². The van der Waals surface area contributed by atoms with Gasteiger partial charge < -0.3 is 14.4 Å². The highest BCUT2D eigenvalue weighted by molar-refractivity contribution is 5.76. The SMILES string of the molecule is CCN(CC(C)(C)O)C(=O)CCc1nc(C)c(-c2ccccc2)o1. The fourth-order valence-corrected chi connectivity index (χ4v) is 2.63. The molecule has 24 heavy (non-hydrogen) atoms. The van der Waals surface area contributed by atoms with Crippen LogP contribution in [0.2, 0.25) is 0 Å². The van der Waals surface area contributed by atoms with Crippen LogP contribution in [0.25, 0.3) is 11.3 Å². The van der Waals surface area contributed by atoms with Crippen LogP contribution in [0, 0.1) is 6.92 Å². The predicted molar refractivity (Wildman–Crippen MR) is 93.5 cm³/mol. The first-order chi connectivity index (χ1) is 11.3. The Hall–Kier alpha value is -2.14. The summed E-state index contributed by atoms with van der Waals surface area (Å²) in [5, 5.41) is 9.89. The van der Waals surface area contributed by atoms with Gasteiger partial charge >= 0.3 is 0 Å². The topological polar surface area (TPSA) is 66.6 Å². The molecule has 2 aromatic rings. The average molecular weight is 330 g/mol. The Morgan fingerprint density at radius 1 is 1.29 bits per heavy atom. The number of benzene rings is 1. The summed E-state index contributed by atoms with van der Waals surface area (Å²) in [5.41, 5.74) is 0.913. The second-order valence-electron chi connectivity index (χ2n) is 6.61. The van der Waals surface area contributed by atoms with Crippen molar-refractivity contribution in [2.45, 2.75) is 46.1 Å². The number of hydrogen-bond acceptors (Lipinski definition) is 4. The summed E-state index contributed by atoms with van der Waals surface area (Å²) < 4.78 is 5.83. The number of rotatable bonds is 7. The van der Waals surface area contributed by atoms with E-state index in [0.29, 0.717) is 31.8 Å². The van der Waals surface area contributed by atoms with Gasteiger partial charge in [-0.3, -0.25) is 4.79 Å². The molecule has 0 saturated heterocycles. The Morgan fingerprint density at radius 2 is 1.96 bits per heavy atom. The van der Waals surface area contributed by atoms with Gasteiger partial charge in [0.25, 0.3) is 0 Å². The molecule has 0 aliphatic heterocycles. The molecule has 0 bridgehead atoms. The number of aryl methyl sites for hydroxylation is 2. The third kappa shape index (κ3) is 4.93. The Balaban J connectivity index is 2.01. The Labute approximate surface area is 143 Å². The van der Waals surface area contributed by atoms with E-state index in [2.05, 4.69) is 4.98 Å². The van der Waals surface area contributed by atoms with Crippen LogP contribution in [0.3, 0.4) is 0 Å². The van der Waals surface area contributed by atoms with Crippen molar-refractivity contribution in [2.75, 3.05) is 13.1 Å². The molecule has 0 aliphatic rings. The largest absolute Gasteiger partial charge is 0.440 e. The van der Waals surface area contributed by atoms with Crippen molar-refractivity contribution in [3.63, 3.8) is 0 Å². The third-order valence-corrected chi connectivity index (χ3v) is 3.74. The van der Waals surface area contributed by atoms with Gasteiger partial charge in [-0.2, -0.15) is 0 Å². The number of aromatic nitrogens is 1. The second kappa shape index (κ2) is 7.62. The Bertz CT molecular complexity index is 672. The van der Waals surface area contributed by atoms with Gasteiger partial charge in [0.15, 0.2) is 11.7 Å². The summed E-state index contributed by atoms with van der Waals surface area (Å²) in [6.07, 6.45) is 0.771. The first-order valence-electron chi connectivity index (χ1n) is 8.32. The number of oxazole rings is 1. The van der Waals surface area contributed by atoms with Crippen LogP contribution in [0.1, 0.15) is 38.8 Å². The normalized spacial score (nSPS) is 11.5. The standard InChI is InChI=1S/C19H26N2O3/c1-5-21(13-19(3,4)23)17(22)12-11-16-20-14(2)18(24-16)15-9-7-6-8-10-15/h6-10,23H,5,11-13H2,1-4H3. The lowest BCUT2D eigenvalue weighted by Crippen LogP contribution is -2.42. The smallest absolute Gasteiger partial charge is 0.223 e. The average Bonchev–Trinajstić information content (AvgIpc) is 2.91. The van der Waals surface area contributed by atoms with Crippen molar-refractivity contribution in [3.05, 3.63) is 41.9 Å². The number of aliphatic hydroxyl groups is 1. The highest BCUT2D eigenvalue weighted by Crippen LogP contribution is 2.24. The number of carbonyl (C=O) groups is 1. The van der Waals surface area contributed by atoms with Crippen LogP contribution >= 0.6 is 0 Å². The lowest BCUT2D eigenvalue weighted by atomic mass is 10.1. The molecule has 0 radical (unpaired) electrons. The fourth-order valence-electron chi connectivity index (χ4n) is 2.63. The maximum atomic E-state index is 12.3. The fraction of sp³-hybridized carbons (Fsp3) is 0.474. The van der Waals surface area contributed by atoms with Gasteiger partial charge in [-0.05, 0) is 27.7 Å². The molecule has 0 atom stereocenters.